The summed E-state index contributed by atoms with van der Waals surface area (Å²) in [6, 6.07) is 2.92. The van der Waals surface area contributed by atoms with Crippen molar-refractivity contribution in [1.82, 2.24) is 5.32 Å². The Morgan fingerprint density at radius 3 is 2.71 bits per heavy atom. The van der Waals surface area contributed by atoms with Crippen molar-refractivity contribution in [2.75, 3.05) is 7.05 Å². The van der Waals surface area contributed by atoms with Crippen LogP contribution in [-0.2, 0) is 6.42 Å². The summed E-state index contributed by atoms with van der Waals surface area (Å²) in [6.45, 7) is 0. The van der Waals surface area contributed by atoms with Crippen molar-refractivity contribution in [2.45, 2.75) is 44.6 Å². The SMILES string of the molecule is CNC(Cc1c(F)ccc(Br)c1F)CC1CC2CCC1C2. The lowest BCUT2D eigenvalue weighted by atomic mass is 9.83. The van der Waals surface area contributed by atoms with Crippen LogP contribution in [0.5, 0.6) is 0 Å². The fourth-order valence-corrected chi connectivity index (χ4v) is 4.71. The van der Waals surface area contributed by atoms with Crippen LogP contribution in [0.15, 0.2) is 16.6 Å². The van der Waals surface area contributed by atoms with Crippen molar-refractivity contribution in [3.63, 3.8) is 0 Å². The van der Waals surface area contributed by atoms with Crippen molar-refractivity contribution in [1.29, 1.82) is 0 Å². The molecule has 21 heavy (non-hydrogen) atoms. The van der Waals surface area contributed by atoms with Gasteiger partial charge in [-0.3, -0.25) is 0 Å². The molecular formula is C17H22BrF2N. The van der Waals surface area contributed by atoms with Gasteiger partial charge in [-0.05, 0) is 85.0 Å². The maximum absolute atomic E-state index is 14.1. The fourth-order valence-electron chi connectivity index (χ4n) is 4.34. The summed E-state index contributed by atoms with van der Waals surface area (Å²) in [7, 11) is 1.89. The van der Waals surface area contributed by atoms with Crippen molar-refractivity contribution in [3.05, 3.63) is 33.8 Å². The van der Waals surface area contributed by atoms with E-state index in [1.165, 1.54) is 37.8 Å². The molecule has 4 unspecified atom stereocenters. The van der Waals surface area contributed by atoms with E-state index >= 15 is 0 Å². The van der Waals surface area contributed by atoms with Gasteiger partial charge in [0.1, 0.15) is 11.6 Å². The molecule has 4 heteroatoms. The minimum absolute atomic E-state index is 0.146. The molecular weight excluding hydrogens is 336 g/mol. The number of halogens is 3. The van der Waals surface area contributed by atoms with E-state index in [0.717, 1.165) is 24.2 Å². The summed E-state index contributed by atoms with van der Waals surface area (Å²) in [5.41, 5.74) is 0.201. The second-order valence-corrected chi connectivity index (χ2v) is 7.54. The number of benzene rings is 1. The van der Waals surface area contributed by atoms with Gasteiger partial charge in [-0.2, -0.15) is 0 Å². The zero-order valence-corrected chi connectivity index (χ0v) is 13.9. The maximum atomic E-state index is 14.1. The van der Waals surface area contributed by atoms with Crippen LogP contribution in [0.3, 0.4) is 0 Å². The Balaban J connectivity index is 1.69. The Bertz CT molecular complexity index is 520. The van der Waals surface area contributed by atoms with Gasteiger partial charge in [-0.1, -0.05) is 6.42 Å². The van der Waals surface area contributed by atoms with Gasteiger partial charge in [-0.25, -0.2) is 8.78 Å². The van der Waals surface area contributed by atoms with Crippen LogP contribution >= 0.6 is 15.9 Å². The molecule has 0 radical (unpaired) electrons. The lowest BCUT2D eigenvalue weighted by Gasteiger charge is -2.27. The zero-order valence-electron chi connectivity index (χ0n) is 12.3. The Kier molecular flexibility index (Phi) is 4.65. The number of nitrogens with one attached hydrogen (secondary N) is 1. The van der Waals surface area contributed by atoms with Gasteiger partial charge in [0.25, 0.3) is 0 Å². The normalized spacial score (nSPS) is 29.0. The predicted octanol–water partition coefficient (Wildman–Crippen LogP) is 4.68. The number of likely N-dealkylation sites (N-methyl/N-ethyl adjacent to an activating group) is 1. The van der Waals surface area contributed by atoms with E-state index in [-0.39, 0.29) is 11.6 Å². The van der Waals surface area contributed by atoms with Crippen molar-refractivity contribution >= 4 is 15.9 Å². The molecule has 116 valence electrons. The highest BCUT2D eigenvalue weighted by Gasteiger charge is 2.40. The van der Waals surface area contributed by atoms with Crippen LogP contribution < -0.4 is 5.32 Å². The quantitative estimate of drug-likeness (QED) is 0.754. The largest absolute Gasteiger partial charge is 0.317 e. The number of hydrogen-bond donors (Lipinski definition) is 1. The maximum Gasteiger partial charge on any atom is 0.143 e. The lowest BCUT2D eigenvalue weighted by Crippen LogP contribution is -2.32. The predicted molar refractivity (Wildman–Crippen MR) is 84.2 cm³/mol. The van der Waals surface area contributed by atoms with Crippen LogP contribution in [-0.4, -0.2) is 13.1 Å². The van der Waals surface area contributed by atoms with Crippen molar-refractivity contribution in [2.24, 2.45) is 17.8 Å². The highest BCUT2D eigenvalue weighted by molar-refractivity contribution is 9.10. The van der Waals surface area contributed by atoms with E-state index in [1.807, 2.05) is 7.05 Å². The average molecular weight is 358 g/mol. The van der Waals surface area contributed by atoms with E-state index in [1.54, 1.807) is 0 Å². The lowest BCUT2D eigenvalue weighted by molar-refractivity contribution is 0.280. The van der Waals surface area contributed by atoms with Crippen LogP contribution in [0, 0.1) is 29.4 Å². The Morgan fingerprint density at radius 2 is 2.10 bits per heavy atom. The molecule has 0 aliphatic heterocycles. The highest BCUT2D eigenvalue weighted by atomic mass is 79.9. The molecule has 4 atom stereocenters. The van der Waals surface area contributed by atoms with Gasteiger partial charge in [0.05, 0.1) is 4.47 Å². The van der Waals surface area contributed by atoms with Gasteiger partial charge < -0.3 is 5.32 Å². The third-order valence-corrected chi connectivity index (χ3v) is 6.08. The molecule has 1 aromatic rings. The molecule has 2 fully saturated rings. The Labute approximate surface area is 133 Å². The third kappa shape index (κ3) is 3.16. The van der Waals surface area contributed by atoms with Crippen LogP contribution in [0.2, 0.25) is 0 Å². The molecule has 0 aromatic heterocycles. The van der Waals surface area contributed by atoms with E-state index in [0.29, 0.717) is 10.9 Å². The molecule has 2 aliphatic rings. The summed E-state index contributed by atoms with van der Waals surface area (Å²) in [4.78, 5) is 0. The molecule has 1 aromatic carbocycles. The minimum Gasteiger partial charge on any atom is -0.317 e. The first-order valence-electron chi connectivity index (χ1n) is 7.88. The Hall–Kier alpha value is -0.480. The summed E-state index contributed by atoms with van der Waals surface area (Å²) in [5.74, 6) is 1.60. The summed E-state index contributed by atoms with van der Waals surface area (Å²) in [5, 5.41) is 3.26. The molecule has 2 aliphatic carbocycles. The van der Waals surface area contributed by atoms with Crippen LogP contribution in [0.1, 0.15) is 37.7 Å². The molecule has 0 amide bonds. The van der Waals surface area contributed by atoms with E-state index in [2.05, 4.69) is 21.2 Å². The standard InChI is InChI=1S/C17H22BrF2N/c1-21-13(8-12-7-10-2-3-11(12)6-10)9-14-16(19)5-4-15(18)17(14)20/h4-5,10-13,21H,2-3,6-9H2,1H3. The number of rotatable bonds is 5. The summed E-state index contributed by atoms with van der Waals surface area (Å²) < 4.78 is 28.4. The van der Waals surface area contributed by atoms with Crippen LogP contribution in [0.4, 0.5) is 8.78 Å². The smallest absolute Gasteiger partial charge is 0.143 e. The van der Waals surface area contributed by atoms with E-state index in [9.17, 15) is 8.78 Å². The highest BCUT2D eigenvalue weighted by Crippen LogP contribution is 2.50. The topological polar surface area (TPSA) is 12.0 Å². The second-order valence-electron chi connectivity index (χ2n) is 6.68. The van der Waals surface area contributed by atoms with Gasteiger partial charge in [0.15, 0.2) is 0 Å². The van der Waals surface area contributed by atoms with Gasteiger partial charge in [0.2, 0.25) is 0 Å². The van der Waals surface area contributed by atoms with Crippen LogP contribution in [0.25, 0.3) is 0 Å². The second kappa shape index (κ2) is 6.33. The molecule has 0 spiro atoms. The van der Waals surface area contributed by atoms with Gasteiger partial charge >= 0.3 is 0 Å². The minimum atomic E-state index is -0.455. The van der Waals surface area contributed by atoms with E-state index < -0.39 is 11.6 Å². The summed E-state index contributed by atoms with van der Waals surface area (Å²) >= 11 is 3.14. The number of fused-ring (bicyclic) bond motifs is 2. The number of hydrogen-bond acceptors (Lipinski definition) is 1. The third-order valence-electron chi connectivity index (χ3n) is 5.47. The summed E-state index contributed by atoms with van der Waals surface area (Å²) in [6.07, 6.45) is 6.88. The van der Waals surface area contributed by atoms with Gasteiger partial charge in [-0.15, -0.1) is 0 Å². The molecule has 2 bridgehead atoms. The van der Waals surface area contributed by atoms with Gasteiger partial charge in [0, 0.05) is 11.6 Å². The average Bonchev–Trinajstić information content (AvgIpc) is 3.09. The zero-order chi connectivity index (χ0) is 15.0. The van der Waals surface area contributed by atoms with E-state index in [4.69, 9.17) is 0 Å². The first-order chi connectivity index (χ1) is 10.1. The Morgan fingerprint density at radius 1 is 1.29 bits per heavy atom. The molecule has 1 nitrogen and oxygen atoms in total. The molecule has 3 rings (SSSR count). The first-order valence-corrected chi connectivity index (χ1v) is 8.67. The van der Waals surface area contributed by atoms with Crippen molar-refractivity contribution in [3.8, 4) is 0 Å². The molecule has 0 heterocycles. The molecule has 0 saturated heterocycles. The molecule has 2 saturated carbocycles. The van der Waals surface area contributed by atoms with Crippen molar-refractivity contribution < 1.29 is 8.78 Å². The monoisotopic (exact) mass is 357 g/mol. The first kappa shape index (κ1) is 15.4. The molecule has 1 N–H and O–H groups in total. The fraction of sp³-hybridized carbons (Fsp3) is 0.647.